The average Bonchev–Trinajstić information content (AvgIpc) is 3.43. The van der Waals surface area contributed by atoms with E-state index in [2.05, 4.69) is 20.5 Å². The number of carbonyl (C=O) groups excluding carboxylic acids is 1. The van der Waals surface area contributed by atoms with Crippen LogP contribution in [0, 0.1) is 0 Å². The molecule has 0 N–H and O–H groups in total. The molecule has 2 heterocycles. The molecule has 0 amide bonds. The lowest BCUT2D eigenvalue weighted by Gasteiger charge is -2.10. The topological polar surface area (TPSA) is 78.5 Å². The van der Waals surface area contributed by atoms with Crippen LogP contribution in [0.3, 0.4) is 0 Å². The standard InChI is InChI=1S/C23H18N6OS/c30-21(17-9-3-1-4-10-17)16-31-23-26-25-22(29(23)18-11-5-2-6-12-18)15-28-20-14-8-7-13-19(20)24-27-28/h1-14H,15-16H2. The summed E-state index contributed by atoms with van der Waals surface area (Å²) >= 11 is 1.38. The molecule has 0 aliphatic rings. The first kappa shape index (κ1) is 19.2. The van der Waals surface area contributed by atoms with E-state index in [1.54, 1.807) is 0 Å². The van der Waals surface area contributed by atoms with Gasteiger partial charge in [-0.2, -0.15) is 0 Å². The van der Waals surface area contributed by atoms with Crippen molar-refractivity contribution in [3.8, 4) is 5.69 Å². The molecule has 31 heavy (non-hydrogen) atoms. The number of thioether (sulfide) groups is 1. The van der Waals surface area contributed by atoms with E-state index < -0.39 is 0 Å². The number of aromatic nitrogens is 6. The van der Waals surface area contributed by atoms with Crippen molar-refractivity contribution in [3.05, 3.63) is 96.3 Å². The van der Waals surface area contributed by atoms with Gasteiger partial charge in [0.2, 0.25) is 0 Å². The Bertz CT molecular complexity index is 1330. The van der Waals surface area contributed by atoms with Crippen LogP contribution in [0.2, 0.25) is 0 Å². The number of carbonyl (C=O) groups is 1. The number of para-hydroxylation sites is 2. The Labute approximate surface area is 182 Å². The Hall–Kier alpha value is -3.78. The third-order valence-electron chi connectivity index (χ3n) is 4.85. The van der Waals surface area contributed by atoms with Crippen molar-refractivity contribution >= 4 is 28.6 Å². The van der Waals surface area contributed by atoms with E-state index in [9.17, 15) is 4.79 Å². The molecule has 3 aromatic carbocycles. The van der Waals surface area contributed by atoms with Gasteiger partial charge in [0.15, 0.2) is 16.8 Å². The number of benzene rings is 3. The van der Waals surface area contributed by atoms with Crippen LogP contribution in [0.25, 0.3) is 16.7 Å². The Morgan fingerprint density at radius 2 is 1.52 bits per heavy atom. The summed E-state index contributed by atoms with van der Waals surface area (Å²) in [4.78, 5) is 12.6. The lowest BCUT2D eigenvalue weighted by Crippen LogP contribution is -2.10. The highest BCUT2D eigenvalue weighted by molar-refractivity contribution is 7.99. The molecule has 0 spiro atoms. The first-order valence-corrected chi connectivity index (χ1v) is 10.8. The normalized spacial score (nSPS) is 11.1. The number of nitrogens with zero attached hydrogens (tertiary/aromatic N) is 6. The Morgan fingerprint density at radius 1 is 0.806 bits per heavy atom. The zero-order valence-electron chi connectivity index (χ0n) is 16.5. The highest BCUT2D eigenvalue weighted by Gasteiger charge is 2.18. The lowest BCUT2D eigenvalue weighted by atomic mass is 10.2. The van der Waals surface area contributed by atoms with Gasteiger partial charge in [0.05, 0.1) is 11.3 Å². The summed E-state index contributed by atoms with van der Waals surface area (Å²) in [6, 6.07) is 27.0. The van der Waals surface area contributed by atoms with Crippen molar-refractivity contribution in [2.45, 2.75) is 11.7 Å². The molecule has 0 bridgehead atoms. The number of Topliss-reactive ketones (excluding diaryl/α,β-unsaturated/α-hetero) is 1. The number of hydrogen-bond acceptors (Lipinski definition) is 6. The molecule has 0 aliphatic heterocycles. The van der Waals surface area contributed by atoms with E-state index in [1.807, 2.05) is 94.2 Å². The smallest absolute Gasteiger partial charge is 0.196 e. The van der Waals surface area contributed by atoms with Gasteiger partial charge in [-0.3, -0.25) is 9.36 Å². The minimum absolute atomic E-state index is 0.0528. The van der Waals surface area contributed by atoms with Crippen LogP contribution in [0.1, 0.15) is 16.2 Å². The van der Waals surface area contributed by atoms with Crippen LogP contribution in [-0.2, 0) is 6.54 Å². The van der Waals surface area contributed by atoms with Gasteiger partial charge in [-0.15, -0.1) is 15.3 Å². The maximum atomic E-state index is 12.6. The number of fused-ring (bicyclic) bond motifs is 1. The second-order valence-corrected chi connectivity index (χ2v) is 7.83. The largest absolute Gasteiger partial charge is 0.293 e. The Morgan fingerprint density at radius 3 is 2.32 bits per heavy atom. The highest BCUT2D eigenvalue weighted by Crippen LogP contribution is 2.24. The van der Waals surface area contributed by atoms with Gasteiger partial charge in [-0.25, -0.2) is 4.68 Å². The second-order valence-electron chi connectivity index (χ2n) is 6.88. The third-order valence-corrected chi connectivity index (χ3v) is 5.78. The van der Waals surface area contributed by atoms with Crippen LogP contribution in [0.15, 0.2) is 90.1 Å². The van der Waals surface area contributed by atoms with Crippen LogP contribution < -0.4 is 0 Å². The Kier molecular flexibility index (Phi) is 5.28. The molecule has 0 saturated heterocycles. The van der Waals surface area contributed by atoms with Gasteiger partial charge < -0.3 is 0 Å². The fraction of sp³-hybridized carbons (Fsp3) is 0.0870. The number of rotatable bonds is 7. The molecule has 152 valence electrons. The van der Waals surface area contributed by atoms with Gasteiger partial charge in [0.1, 0.15) is 12.1 Å². The molecule has 0 unspecified atom stereocenters. The predicted octanol–water partition coefficient (Wildman–Crippen LogP) is 4.04. The molecule has 8 heteroatoms. The van der Waals surface area contributed by atoms with Crippen LogP contribution in [0.4, 0.5) is 0 Å². The SMILES string of the molecule is O=C(CSc1nnc(Cn2nnc3ccccc32)n1-c1ccccc1)c1ccccc1. The zero-order valence-corrected chi connectivity index (χ0v) is 17.3. The van der Waals surface area contributed by atoms with E-state index in [0.29, 0.717) is 17.3 Å². The minimum atomic E-state index is 0.0528. The summed E-state index contributed by atoms with van der Waals surface area (Å²) in [5.41, 5.74) is 3.38. The summed E-state index contributed by atoms with van der Waals surface area (Å²) in [6.45, 7) is 0.412. The maximum Gasteiger partial charge on any atom is 0.196 e. The van der Waals surface area contributed by atoms with E-state index in [1.165, 1.54) is 11.8 Å². The molecule has 0 aliphatic carbocycles. The summed E-state index contributed by atoms with van der Waals surface area (Å²) < 4.78 is 3.78. The molecule has 0 fully saturated rings. The minimum Gasteiger partial charge on any atom is -0.293 e. The first-order valence-electron chi connectivity index (χ1n) is 9.78. The molecule has 5 aromatic rings. The first-order chi connectivity index (χ1) is 15.3. The molecule has 0 radical (unpaired) electrons. The van der Waals surface area contributed by atoms with Gasteiger partial charge in [0.25, 0.3) is 0 Å². The number of hydrogen-bond donors (Lipinski definition) is 0. The predicted molar refractivity (Wildman–Crippen MR) is 119 cm³/mol. The number of ketones is 1. The van der Waals surface area contributed by atoms with Crippen molar-refractivity contribution in [2.24, 2.45) is 0 Å². The van der Waals surface area contributed by atoms with Crippen molar-refractivity contribution < 1.29 is 4.79 Å². The van der Waals surface area contributed by atoms with Gasteiger partial charge in [0, 0.05) is 11.3 Å². The lowest BCUT2D eigenvalue weighted by molar-refractivity contribution is 0.102. The van der Waals surface area contributed by atoms with Crippen LogP contribution in [0.5, 0.6) is 0 Å². The van der Waals surface area contributed by atoms with Crippen molar-refractivity contribution in [2.75, 3.05) is 5.75 Å². The van der Waals surface area contributed by atoms with Gasteiger partial charge >= 0.3 is 0 Å². The monoisotopic (exact) mass is 426 g/mol. The molecular weight excluding hydrogens is 408 g/mol. The van der Waals surface area contributed by atoms with Crippen molar-refractivity contribution in [1.29, 1.82) is 0 Å². The summed E-state index contributed by atoms with van der Waals surface area (Å²) in [5.74, 6) is 1.05. The quantitative estimate of drug-likeness (QED) is 0.289. The summed E-state index contributed by atoms with van der Waals surface area (Å²) in [5, 5.41) is 18.0. The Balaban J connectivity index is 1.46. The molecule has 0 atom stereocenters. The second kappa shape index (κ2) is 8.53. The zero-order chi connectivity index (χ0) is 21.0. The molecule has 7 nitrogen and oxygen atoms in total. The van der Waals surface area contributed by atoms with Crippen molar-refractivity contribution in [1.82, 2.24) is 29.8 Å². The van der Waals surface area contributed by atoms with E-state index in [0.717, 1.165) is 22.5 Å². The molecule has 5 rings (SSSR count). The molecule has 0 saturated carbocycles. The fourth-order valence-electron chi connectivity index (χ4n) is 3.34. The molecule has 2 aromatic heterocycles. The average molecular weight is 427 g/mol. The van der Waals surface area contributed by atoms with E-state index in [4.69, 9.17) is 0 Å². The fourth-order valence-corrected chi connectivity index (χ4v) is 4.20. The van der Waals surface area contributed by atoms with Crippen molar-refractivity contribution in [3.63, 3.8) is 0 Å². The van der Waals surface area contributed by atoms with Gasteiger partial charge in [-0.1, -0.05) is 77.6 Å². The van der Waals surface area contributed by atoms with E-state index in [-0.39, 0.29) is 11.5 Å². The highest BCUT2D eigenvalue weighted by atomic mass is 32.2. The maximum absolute atomic E-state index is 12.6. The molecular formula is C23H18N6OS. The van der Waals surface area contributed by atoms with E-state index >= 15 is 0 Å². The third kappa shape index (κ3) is 3.97. The summed E-state index contributed by atoms with van der Waals surface area (Å²) in [6.07, 6.45) is 0. The van der Waals surface area contributed by atoms with Crippen LogP contribution in [-0.4, -0.2) is 41.3 Å². The van der Waals surface area contributed by atoms with Gasteiger partial charge in [-0.05, 0) is 24.3 Å². The summed E-state index contributed by atoms with van der Waals surface area (Å²) in [7, 11) is 0. The van der Waals surface area contributed by atoms with Crippen LogP contribution >= 0.6 is 11.8 Å².